The molecule has 9 nitrogen and oxygen atoms in total. The standard InChI is InChI=1S/C21H26N4O5S2/c1-14(26)23-18(19-3-2-12-31-19)13-20(27)25-10-8-15(9-11-25)21(28)24-16-4-6-17(7-5-16)32(22,29)30/h2-7,12,15,18H,8-11,13H2,1H3,(H,23,26)(H,24,28)(H2,22,29,30). The number of nitrogens with zero attached hydrogens (tertiary/aromatic N) is 1. The van der Waals surface area contributed by atoms with Gasteiger partial charge in [-0.1, -0.05) is 6.07 Å². The fourth-order valence-corrected chi connectivity index (χ4v) is 4.92. The molecule has 0 saturated carbocycles. The second-order valence-electron chi connectivity index (χ2n) is 7.69. The number of sulfonamides is 1. The Bertz CT molecular complexity index is 1060. The first kappa shape index (κ1) is 23.9. The third-order valence-corrected chi connectivity index (χ3v) is 7.23. The number of primary sulfonamides is 1. The van der Waals surface area contributed by atoms with E-state index in [4.69, 9.17) is 5.14 Å². The highest BCUT2D eigenvalue weighted by Gasteiger charge is 2.29. The Labute approximate surface area is 191 Å². The lowest BCUT2D eigenvalue weighted by Gasteiger charge is -2.32. The van der Waals surface area contributed by atoms with Crippen molar-refractivity contribution in [3.63, 3.8) is 0 Å². The molecule has 32 heavy (non-hydrogen) atoms. The molecule has 1 unspecified atom stereocenters. The average Bonchev–Trinajstić information content (AvgIpc) is 3.27. The van der Waals surface area contributed by atoms with Gasteiger partial charge in [-0.2, -0.15) is 0 Å². The van der Waals surface area contributed by atoms with Gasteiger partial charge >= 0.3 is 0 Å². The van der Waals surface area contributed by atoms with Crippen LogP contribution in [0.15, 0.2) is 46.7 Å². The third kappa shape index (κ3) is 6.38. The molecule has 0 radical (unpaired) electrons. The topological polar surface area (TPSA) is 139 Å². The predicted molar refractivity (Wildman–Crippen MR) is 121 cm³/mol. The molecule has 0 spiro atoms. The van der Waals surface area contributed by atoms with Crippen molar-refractivity contribution in [1.29, 1.82) is 0 Å². The number of nitrogens with one attached hydrogen (secondary N) is 2. The van der Waals surface area contributed by atoms with Gasteiger partial charge in [-0.25, -0.2) is 13.6 Å². The van der Waals surface area contributed by atoms with Crippen LogP contribution in [-0.4, -0.2) is 44.1 Å². The van der Waals surface area contributed by atoms with E-state index in [1.165, 1.54) is 42.5 Å². The van der Waals surface area contributed by atoms with E-state index in [9.17, 15) is 22.8 Å². The van der Waals surface area contributed by atoms with Gasteiger partial charge in [-0.05, 0) is 48.6 Å². The van der Waals surface area contributed by atoms with Crippen LogP contribution in [0.1, 0.15) is 37.1 Å². The van der Waals surface area contributed by atoms with E-state index >= 15 is 0 Å². The number of benzene rings is 1. The number of anilines is 1. The van der Waals surface area contributed by atoms with Gasteiger partial charge in [0, 0.05) is 36.5 Å². The van der Waals surface area contributed by atoms with Crippen LogP contribution in [0, 0.1) is 5.92 Å². The van der Waals surface area contributed by atoms with Gasteiger partial charge in [0.15, 0.2) is 0 Å². The Kier molecular flexibility index (Phi) is 7.64. The Balaban J connectivity index is 1.52. The van der Waals surface area contributed by atoms with Crippen molar-refractivity contribution in [1.82, 2.24) is 10.2 Å². The first-order chi connectivity index (χ1) is 15.1. The molecule has 1 fully saturated rings. The van der Waals surface area contributed by atoms with Crippen LogP contribution in [-0.2, 0) is 24.4 Å². The minimum atomic E-state index is -3.79. The van der Waals surface area contributed by atoms with Crippen LogP contribution in [0.25, 0.3) is 0 Å². The molecule has 11 heteroatoms. The molecule has 0 aliphatic carbocycles. The molecular weight excluding hydrogens is 452 g/mol. The molecular formula is C21H26N4O5S2. The zero-order chi connectivity index (χ0) is 23.3. The number of piperidine rings is 1. The van der Waals surface area contributed by atoms with Crippen molar-refractivity contribution < 1.29 is 22.8 Å². The fraction of sp³-hybridized carbons (Fsp3) is 0.381. The first-order valence-electron chi connectivity index (χ1n) is 10.2. The molecule has 1 atom stereocenters. The highest BCUT2D eigenvalue weighted by atomic mass is 32.2. The Morgan fingerprint density at radius 3 is 2.34 bits per heavy atom. The van der Waals surface area contributed by atoms with Gasteiger partial charge in [0.25, 0.3) is 0 Å². The summed E-state index contributed by atoms with van der Waals surface area (Å²) in [6.45, 7) is 2.34. The normalized spacial score (nSPS) is 15.8. The predicted octanol–water partition coefficient (Wildman–Crippen LogP) is 1.84. The molecule has 3 amide bonds. The number of likely N-dealkylation sites (tertiary alicyclic amines) is 1. The van der Waals surface area contributed by atoms with Crippen LogP contribution < -0.4 is 15.8 Å². The monoisotopic (exact) mass is 478 g/mol. The number of carbonyl (C=O) groups excluding carboxylic acids is 3. The molecule has 1 aliphatic rings. The SMILES string of the molecule is CC(=O)NC(CC(=O)N1CCC(C(=O)Nc2ccc(S(N)(=O)=O)cc2)CC1)c1cccs1. The maximum atomic E-state index is 12.8. The zero-order valence-electron chi connectivity index (χ0n) is 17.6. The summed E-state index contributed by atoms with van der Waals surface area (Å²) in [7, 11) is -3.79. The number of thiophene rings is 1. The van der Waals surface area contributed by atoms with Gasteiger partial charge in [0.2, 0.25) is 27.7 Å². The van der Waals surface area contributed by atoms with E-state index in [1.54, 1.807) is 4.90 Å². The number of carbonyl (C=O) groups is 3. The number of nitrogens with two attached hydrogens (primary N) is 1. The lowest BCUT2D eigenvalue weighted by atomic mass is 9.95. The van der Waals surface area contributed by atoms with Crippen LogP contribution in [0.4, 0.5) is 5.69 Å². The summed E-state index contributed by atoms with van der Waals surface area (Å²) in [5.41, 5.74) is 0.481. The summed E-state index contributed by atoms with van der Waals surface area (Å²) in [6, 6.07) is 9.07. The molecule has 1 aliphatic heterocycles. The van der Waals surface area contributed by atoms with E-state index < -0.39 is 10.0 Å². The van der Waals surface area contributed by atoms with Gasteiger partial charge in [-0.3, -0.25) is 14.4 Å². The molecule has 2 aromatic rings. The minimum Gasteiger partial charge on any atom is -0.348 e. The summed E-state index contributed by atoms with van der Waals surface area (Å²) in [6.07, 6.45) is 1.22. The van der Waals surface area contributed by atoms with Crippen LogP contribution in [0.2, 0.25) is 0 Å². The Morgan fingerprint density at radius 2 is 1.81 bits per heavy atom. The molecule has 2 heterocycles. The molecule has 1 saturated heterocycles. The molecule has 0 bridgehead atoms. The highest BCUT2D eigenvalue weighted by molar-refractivity contribution is 7.89. The molecule has 1 aromatic carbocycles. The molecule has 1 aromatic heterocycles. The van der Waals surface area contributed by atoms with E-state index in [1.807, 2.05) is 17.5 Å². The van der Waals surface area contributed by atoms with Crippen molar-refractivity contribution in [2.24, 2.45) is 11.1 Å². The first-order valence-corrected chi connectivity index (χ1v) is 12.6. The molecule has 4 N–H and O–H groups in total. The van der Waals surface area contributed by atoms with Crippen molar-refractivity contribution in [2.75, 3.05) is 18.4 Å². The summed E-state index contributed by atoms with van der Waals surface area (Å²) in [5.74, 6) is -0.672. The van der Waals surface area contributed by atoms with E-state index in [-0.39, 0.29) is 41.0 Å². The van der Waals surface area contributed by atoms with Crippen LogP contribution in [0.3, 0.4) is 0 Å². The number of rotatable bonds is 7. The highest BCUT2D eigenvalue weighted by Crippen LogP contribution is 2.25. The Hall–Kier alpha value is -2.76. The number of amides is 3. The average molecular weight is 479 g/mol. The van der Waals surface area contributed by atoms with Crippen molar-refractivity contribution in [3.05, 3.63) is 46.7 Å². The summed E-state index contributed by atoms with van der Waals surface area (Å²) < 4.78 is 22.6. The van der Waals surface area contributed by atoms with Gasteiger partial charge in [0.1, 0.15) is 0 Å². The smallest absolute Gasteiger partial charge is 0.238 e. The third-order valence-electron chi connectivity index (χ3n) is 5.31. The van der Waals surface area contributed by atoms with E-state index in [0.717, 1.165) is 4.88 Å². The quantitative estimate of drug-likeness (QED) is 0.557. The van der Waals surface area contributed by atoms with E-state index in [0.29, 0.717) is 31.6 Å². The van der Waals surface area contributed by atoms with Gasteiger partial charge in [0.05, 0.1) is 17.4 Å². The lowest BCUT2D eigenvalue weighted by molar-refractivity contribution is -0.135. The zero-order valence-corrected chi connectivity index (χ0v) is 19.2. The van der Waals surface area contributed by atoms with Crippen LogP contribution in [0.5, 0.6) is 0 Å². The minimum absolute atomic E-state index is 0.0255. The van der Waals surface area contributed by atoms with Crippen molar-refractivity contribution in [2.45, 2.75) is 37.1 Å². The molecule has 3 rings (SSSR count). The molecule has 172 valence electrons. The van der Waals surface area contributed by atoms with Crippen LogP contribution >= 0.6 is 11.3 Å². The number of hydrogen-bond donors (Lipinski definition) is 3. The van der Waals surface area contributed by atoms with Gasteiger partial charge in [-0.15, -0.1) is 11.3 Å². The van der Waals surface area contributed by atoms with E-state index in [2.05, 4.69) is 10.6 Å². The second kappa shape index (κ2) is 10.2. The second-order valence-corrected chi connectivity index (χ2v) is 10.2. The Morgan fingerprint density at radius 1 is 1.16 bits per heavy atom. The lowest BCUT2D eigenvalue weighted by Crippen LogP contribution is -2.42. The summed E-state index contributed by atoms with van der Waals surface area (Å²) in [4.78, 5) is 39.5. The summed E-state index contributed by atoms with van der Waals surface area (Å²) >= 11 is 1.49. The van der Waals surface area contributed by atoms with Gasteiger partial charge < -0.3 is 15.5 Å². The van der Waals surface area contributed by atoms with Crippen molar-refractivity contribution >= 4 is 44.8 Å². The summed E-state index contributed by atoms with van der Waals surface area (Å²) in [5, 5.41) is 12.6. The number of hydrogen-bond acceptors (Lipinski definition) is 6. The largest absolute Gasteiger partial charge is 0.348 e. The van der Waals surface area contributed by atoms with Crippen molar-refractivity contribution in [3.8, 4) is 0 Å². The maximum absolute atomic E-state index is 12.8. The maximum Gasteiger partial charge on any atom is 0.238 e. The fourth-order valence-electron chi connectivity index (χ4n) is 3.62.